The fourth-order valence-corrected chi connectivity index (χ4v) is 2.81. The Hall–Kier alpha value is -1.73. The first kappa shape index (κ1) is 19.6. The number of alkyl halides is 3. The molecule has 2 aromatic carbocycles. The van der Waals surface area contributed by atoms with E-state index in [0.717, 1.165) is 24.1 Å². The Morgan fingerprint density at radius 3 is 2.56 bits per heavy atom. The van der Waals surface area contributed by atoms with Gasteiger partial charge in [0.05, 0.1) is 15.1 Å². The minimum atomic E-state index is -4.60. The average molecular weight is 437 g/mol. The van der Waals surface area contributed by atoms with Crippen LogP contribution in [0.5, 0.6) is 5.75 Å². The minimum Gasteiger partial charge on any atom is -0.483 e. The summed E-state index contributed by atoms with van der Waals surface area (Å²) in [5, 5.41) is 1.93. The second-order valence-corrected chi connectivity index (χ2v) is 6.41. The molecule has 25 heavy (non-hydrogen) atoms. The zero-order chi connectivity index (χ0) is 18.6. The van der Waals surface area contributed by atoms with E-state index < -0.39 is 22.7 Å². The molecule has 0 aliphatic carbocycles. The summed E-state index contributed by atoms with van der Waals surface area (Å²) in [5.74, 6) is -0.110. The molecule has 0 unspecified atom stereocenters. The Morgan fingerprint density at radius 2 is 1.96 bits per heavy atom. The van der Waals surface area contributed by atoms with E-state index in [0.29, 0.717) is 10.2 Å². The fourth-order valence-electron chi connectivity index (χ4n) is 2.04. The van der Waals surface area contributed by atoms with Crippen LogP contribution in [0.2, 0.25) is 5.02 Å². The standard InChI is InChI=1S/C17H14BrClF3NO2/c1-2-10-3-6-15(13(18)7-10)25-9-16(24)23-11-4-5-14(19)12(8-11)17(20,21)22/h3-8H,2,9H2,1H3,(H,23,24). The van der Waals surface area contributed by atoms with Crippen molar-refractivity contribution in [2.75, 3.05) is 11.9 Å². The van der Waals surface area contributed by atoms with E-state index in [1.165, 1.54) is 6.07 Å². The van der Waals surface area contributed by atoms with Crippen molar-refractivity contribution in [2.45, 2.75) is 19.5 Å². The third-order valence-electron chi connectivity index (χ3n) is 3.32. The van der Waals surface area contributed by atoms with E-state index in [1.54, 1.807) is 6.07 Å². The first-order valence-electron chi connectivity index (χ1n) is 7.28. The van der Waals surface area contributed by atoms with Crippen molar-refractivity contribution in [3.63, 3.8) is 0 Å². The number of hydrogen-bond acceptors (Lipinski definition) is 2. The molecule has 1 N–H and O–H groups in total. The summed E-state index contributed by atoms with van der Waals surface area (Å²) < 4.78 is 44.5. The van der Waals surface area contributed by atoms with E-state index >= 15 is 0 Å². The first-order chi connectivity index (χ1) is 11.7. The number of ether oxygens (including phenoxy) is 1. The van der Waals surface area contributed by atoms with Crippen LogP contribution < -0.4 is 10.1 Å². The lowest BCUT2D eigenvalue weighted by molar-refractivity contribution is -0.137. The highest BCUT2D eigenvalue weighted by Crippen LogP contribution is 2.36. The van der Waals surface area contributed by atoms with E-state index in [9.17, 15) is 18.0 Å². The van der Waals surface area contributed by atoms with Crippen molar-refractivity contribution in [3.05, 3.63) is 57.0 Å². The Balaban J connectivity index is 2.01. The average Bonchev–Trinajstić information content (AvgIpc) is 2.54. The summed E-state index contributed by atoms with van der Waals surface area (Å²) in [5.41, 5.74) is 0.0843. The summed E-state index contributed by atoms with van der Waals surface area (Å²) in [6.07, 6.45) is -3.74. The van der Waals surface area contributed by atoms with Crippen LogP contribution in [-0.4, -0.2) is 12.5 Å². The molecule has 0 saturated carbocycles. The van der Waals surface area contributed by atoms with Crippen LogP contribution in [0, 0.1) is 0 Å². The van der Waals surface area contributed by atoms with Crippen molar-refractivity contribution in [3.8, 4) is 5.75 Å². The smallest absolute Gasteiger partial charge is 0.417 e. The highest BCUT2D eigenvalue weighted by atomic mass is 79.9. The fraction of sp³-hybridized carbons (Fsp3) is 0.235. The predicted molar refractivity (Wildman–Crippen MR) is 94.1 cm³/mol. The molecule has 8 heteroatoms. The SMILES string of the molecule is CCc1ccc(OCC(=O)Nc2ccc(Cl)c(C(F)(F)F)c2)c(Br)c1. The molecule has 1 amide bonds. The molecule has 0 aliphatic heterocycles. The molecule has 2 rings (SSSR count). The summed E-state index contributed by atoms with van der Waals surface area (Å²) in [4.78, 5) is 11.9. The molecular weight excluding hydrogens is 423 g/mol. The number of anilines is 1. The third-order valence-corrected chi connectivity index (χ3v) is 4.27. The summed E-state index contributed by atoms with van der Waals surface area (Å²) in [6, 6.07) is 8.63. The summed E-state index contributed by atoms with van der Waals surface area (Å²) in [7, 11) is 0. The number of amides is 1. The zero-order valence-electron chi connectivity index (χ0n) is 13.1. The van der Waals surface area contributed by atoms with E-state index in [2.05, 4.69) is 21.2 Å². The van der Waals surface area contributed by atoms with Gasteiger partial charge in [-0.1, -0.05) is 24.6 Å². The van der Waals surface area contributed by atoms with Crippen LogP contribution in [0.1, 0.15) is 18.1 Å². The molecule has 0 radical (unpaired) electrons. The maximum atomic E-state index is 12.8. The van der Waals surface area contributed by atoms with Gasteiger partial charge in [-0.3, -0.25) is 4.79 Å². The van der Waals surface area contributed by atoms with Crippen LogP contribution in [0.15, 0.2) is 40.9 Å². The Bertz CT molecular complexity index is 781. The maximum absolute atomic E-state index is 12.8. The minimum absolute atomic E-state index is 0.00859. The van der Waals surface area contributed by atoms with Crippen LogP contribution in [-0.2, 0) is 17.4 Å². The van der Waals surface area contributed by atoms with Crippen molar-refractivity contribution in [1.82, 2.24) is 0 Å². The van der Waals surface area contributed by atoms with Gasteiger partial charge in [0.15, 0.2) is 6.61 Å². The van der Waals surface area contributed by atoms with Crippen LogP contribution in [0.4, 0.5) is 18.9 Å². The second-order valence-electron chi connectivity index (χ2n) is 5.15. The van der Waals surface area contributed by atoms with Gasteiger partial charge < -0.3 is 10.1 Å². The normalized spacial score (nSPS) is 11.3. The second kappa shape index (κ2) is 8.10. The van der Waals surface area contributed by atoms with Gasteiger partial charge in [0.25, 0.3) is 5.91 Å². The molecule has 0 atom stereocenters. The highest BCUT2D eigenvalue weighted by Gasteiger charge is 2.33. The zero-order valence-corrected chi connectivity index (χ0v) is 15.4. The van der Waals surface area contributed by atoms with Gasteiger partial charge in [-0.25, -0.2) is 0 Å². The number of hydrogen-bond donors (Lipinski definition) is 1. The molecule has 0 saturated heterocycles. The maximum Gasteiger partial charge on any atom is 0.417 e. The van der Waals surface area contributed by atoms with Crippen molar-refractivity contribution in [1.29, 1.82) is 0 Å². The number of carbonyl (C=O) groups is 1. The molecule has 3 nitrogen and oxygen atoms in total. The lowest BCUT2D eigenvalue weighted by Gasteiger charge is -2.12. The van der Waals surface area contributed by atoms with Gasteiger partial charge in [0, 0.05) is 5.69 Å². The first-order valence-corrected chi connectivity index (χ1v) is 8.45. The van der Waals surface area contributed by atoms with Gasteiger partial charge in [-0.15, -0.1) is 0 Å². The summed E-state index contributed by atoms with van der Waals surface area (Å²) >= 11 is 8.89. The number of aryl methyl sites for hydroxylation is 1. The molecule has 0 aliphatic rings. The van der Waals surface area contributed by atoms with Crippen LogP contribution in [0.3, 0.4) is 0 Å². The predicted octanol–water partition coefficient (Wildman–Crippen LogP) is 5.70. The molecule has 0 heterocycles. The number of halogens is 5. The van der Waals surface area contributed by atoms with Crippen molar-refractivity contribution < 1.29 is 22.7 Å². The van der Waals surface area contributed by atoms with Crippen LogP contribution in [0.25, 0.3) is 0 Å². The molecular formula is C17H14BrClF3NO2. The number of nitrogens with one attached hydrogen (secondary N) is 1. The highest BCUT2D eigenvalue weighted by molar-refractivity contribution is 9.10. The number of carbonyl (C=O) groups excluding carboxylic acids is 1. The van der Waals surface area contributed by atoms with Gasteiger partial charge in [-0.2, -0.15) is 13.2 Å². The van der Waals surface area contributed by atoms with Gasteiger partial charge in [-0.05, 0) is 58.2 Å². The van der Waals surface area contributed by atoms with Gasteiger partial charge in [0.1, 0.15) is 5.75 Å². The van der Waals surface area contributed by atoms with Gasteiger partial charge >= 0.3 is 6.18 Å². The number of rotatable bonds is 5. The van der Waals surface area contributed by atoms with E-state index in [-0.39, 0.29) is 12.3 Å². The third kappa shape index (κ3) is 5.37. The molecule has 134 valence electrons. The number of benzene rings is 2. The Labute approximate surface area is 156 Å². The molecule has 0 bridgehead atoms. The Morgan fingerprint density at radius 1 is 1.24 bits per heavy atom. The summed E-state index contributed by atoms with van der Waals surface area (Å²) in [6.45, 7) is 1.67. The molecule has 0 spiro atoms. The van der Waals surface area contributed by atoms with E-state index in [4.69, 9.17) is 16.3 Å². The lowest BCUT2D eigenvalue weighted by atomic mass is 10.2. The largest absolute Gasteiger partial charge is 0.483 e. The van der Waals surface area contributed by atoms with Gasteiger partial charge in [0.2, 0.25) is 0 Å². The monoisotopic (exact) mass is 435 g/mol. The van der Waals surface area contributed by atoms with Crippen LogP contribution >= 0.6 is 27.5 Å². The lowest BCUT2D eigenvalue weighted by Crippen LogP contribution is -2.20. The quantitative estimate of drug-likeness (QED) is 0.653. The molecule has 2 aromatic rings. The molecule has 0 aromatic heterocycles. The van der Waals surface area contributed by atoms with Crippen molar-refractivity contribution in [2.24, 2.45) is 0 Å². The Kier molecular flexibility index (Phi) is 6.35. The molecule has 0 fully saturated rings. The van der Waals surface area contributed by atoms with Crippen molar-refractivity contribution >= 4 is 39.1 Å². The van der Waals surface area contributed by atoms with E-state index in [1.807, 2.05) is 19.1 Å². The topological polar surface area (TPSA) is 38.3 Å².